The fourth-order valence-corrected chi connectivity index (χ4v) is 11.3. The summed E-state index contributed by atoms with van der Waals surface area (Å²) in [5, 5.41) is 9.49. The number of aromatic hydroxyl groups is 1. The van der Waals surface area contributed by atoms with Crippen molar-refractivity contribution in [1.29, 1.82) is 0 Å². The van der Waals surface area contributed by atoms with E-state index < -0.39 is 93.9 Å². The number of phenols is 1. The highest BCUT2D eigenvalue weighted by atomic mass is 32.7. The maximum absolute atomic E-state index is 16.4. The fraction of sp³-hybridized carbons (Fsp3) is 0.353. The summed E-state index contributed by atoms with van der Waals surface area (Å²) >= 11 is 0.606. The second-order valence-electron chi connectivity index (χ2n) is 13.6. The number of benzene rings is 2. The molecule has 20 nitrogen and oxygen atoms in total. The highest BCUT2D eigenvalue weighted by Gasteiger charge is 2.54. The van der Waals surface area contributed by atoms with Gasteiger partial charge in [0, 0.05) is 23.9 Å². The predicted molar refractivity (Wildman–Crippen MR) is 202 cm³/mol. The topological polar surface area (TPSA) is 272 Å². The Kier molecular flexibility index (Phi) is 11.3. The second-order valence-corrected chi connectivity index (χ2v) is 19.1. The van der Waals surface area contributed by atoms with Crippen LogP contribution in [-0.2, 0) is 37.7 Å². The number of phosphoric ester groups is 1. The first-order chi connectivity index (χ1) is 28.2. The molecule has 25 heteroatoms. The number of nitrogens with zero attached hydrogens (tertiary/aromatic N) is 5. The molecule has 3 aliphatic rings. The summed E-state index contributed by atoms with van der Waals surface area (Å²) in [5.74, 6) is -1.80. The van der Waals surface area contributed by atoms with Gasteiger partial charge in [-0.1, -0.05) is 12.1 Å². The van der Waals surface area contributed by atoms with Crippen molar-refractivity contribution in [2.45, 2.75) is 55.1 Å². The minimum Gasteiger partial charge on any atom is -0.508 e. The Labute approximate surface area is 334 Å². The number of carbonyl (C=O) groups excluding carboxylic acids is 1. The number of aromatic amines is 1. The minimum atomic E-state index is -5.20. The molecule has 1 saturated carbocycles. The van der Waals surface area contributed by atoms with Crippen molar-refractivity contribution in [2.75, 3.05) is 18.9 Å². The summed E-state index contributed by atoms with van der Waals surface area (Å²) in [7, 11) is -5.20. The number of nitrogen functional groups attached to an aromatic ring is 1. The van der Waals surface area contributed by atoms with Crippen molar-refractivity contribution in [3.05, 3.63) is 105 Å². The van der Waals surface area contributed by atoms with Crippen molar-refractivity contribution < 1.29 is 60.3 Å². The Balaban J connectivity index is 1.08. The Morgan fingerprint density at radius 1 is 0.966 bits per heavy atom. The van der Waals surface area contributed by atoms with Gasteiger partial charge in [-0.15, -0.1) is 0 Å². The Bertz CT molecular complexity index is 2580. The molecule has 59 heavy (non-hydrogen) atoms. The lowest BCUT2D eigenvalue weighted by atomic mass is 10.1. The van der Waals surface area contributed by atoms with Crippen LogP contribution in [-0.4, -0.2) is 88.9 Å². The van der Waals surface area contributed by atoms with Gasteiger partial charge in [-0.3, -0.25) is 27.9 Å². The van der Waals surface area contributed by atoms with Gasteiger partial charge in [-0.2, -0.15) is 0 Å². The van der Waals surface area contributed by atoms with Crippen LogP contribution in [0.15, 0.2) is 83.0 Å². The van der Waals surface area contributed by atoms with E-state index in [2.05, 4.69) is 15.0 Å². The number of imidazole rings is 1. The third kappa shape index (κ3) is 8.61. The number of anilines is 1. The SMILES string of the molecule is Nc1ncnc2c1ncn2[C@@H]1C[C@@H]2CO[P@](=O)(SCc3ccc(OC(=O)c4ccc(O)cc4)cc3)OC3[C@@H](F)[C@H](n4ccc(=O)[nH]c4=O)O[C@@H]3COP(=O)(O)O[C@@H]1[C@@H]2F. The number of H-pyrrole nitrogens is 1. The molecule has 2 saturated heterocycles. The molecule has 8 rings (SSSR count). The van der Waals surface area contributed by atoms with Crippen LogP contribution in [0.1, 0.15) is 34.6 Å². The maximum Gasteiger partial charge on any atom is 0.472 e. The molecule has 3 aromatic heterocycles. The van der Waals surface area contributed by atoms with Crippen molar-refractivity contribution in [3.63, 3.8) is 0 Å². The lowest BCUT2D eigenvalue weighted by Crippen LogP contribution is -2.36. The number of alkyl halides is 2. The molecule has 0 amide bonds. The van der Waals surface area contributed by atoms with Gasteiger partial charge in [-0.05, 0) is 59.8 Å². The second kappa shape index (κ2) is 16.3. The summed E-state index contributed by atoms with van der Waals surface area (Å²) < 4.78 is 96.8. The molecule has 2 bridgehead atoms. The average molecular weight is 880 g/mol. The van der Waals surface area contributed by atoms with E-state index in [0.29, 0.717) is 21.5 Å². The number of halogens is 2. The van der Waals surface area contributed by atoms with Crippen LogP contribution in [0.25, 0.3) is 11.2 Å². The van der Waals surface area contributed by atoms with E-state index >= 15 is 8.78 Å². The van der Waals surface area contributed by atoms with Crippen molar-refractivity contribution in [1.82, 2.24) is 29.1 Å². The highest BCUT2D eigenvalue weighted by Crippen LogP contribution is 2.65. The fourth-order valence-electron chi connectivity index (χ4n) is 6.89. The summed E-state index contributed by atoms with van der Waals surface area (Å²) in [4.78, 5) is 62.1. The smallest absolute Gasteiger partial charge is 0.472 e. The number of phosphoric acid groups is 1. The third-order valence-corrected chi connectivity index (χ3v) is 14.4. The highest BCUT2D eigenvalue weighted by molar-refractivity contribution is 8.54. The number of fused-ring (bicyclic) bond motifs is 4. The molecule has 312 valence electrons. The normalized spacial score (nSPS) is 31.2. The number of esters is 1. The number of hydrogen-bond acceptors (Lipinski definition) is 17. The number of carbonyl (C=O) groups is 1. The zero-order valence-corrected chi connectivity index (χ0v) is 32.7. The van der Waals surface area contributed by atoms with Crippen molar-refractivity contribution in [3.8, 4) is 11.5 Å². The Morgan fingerprint density at radius 2 is 1.73 bits per heavy atom. The molecule has 3 fully saturated rings. The molecule has 10 atom stereocenters. The first kappa shape index (κ1) is 40.9. The van der Waals surface area contributed by atoms with Gasteiger partial charge in [0.25, 0.3) is 5.56 Å². The number of aromatic nitrogens is 6. The zero-order chi connectivity index (χ0) is 41.6. The predicted octanol–water partition coefficient (Wildman–Crippen LogP) is 3.98. The monoisotopic (exact) mass is 879 g/mol. The van der Waals surface area contributed by atoms with Crippen LogP contribution >= 0.6 is 26.0 Å². The summed E-state index contributed by atoms with van der Waals surface area (Å²) in [6, 6.07) is 11.4. The molecule has 5 N–H and O–H groups in total. The average Bonchev–Trinajstić information content (AvgIpc) is 3.86. The first-order valence-electron chi connectivity index (χ1n) is 17.7. The minimum absolute atomic E-state index is 0.0266. The largest absolute Gasteiger partial charge is 0.508 e. The molecule has 0 radical (unpaired) electrons. The van der Waals surface area contributed by atoms with Gasteiger partial charge in [0.2, 0.25) is 0 Å². The van der Waals surface area contributed by atoms with E-state index in [1.807, 2.05) is 4.98 Å². The Hall–Kier alpha value is -4.83. The lowest BCUT2D eigenvalue weighted by molar-refractivity contribution is -0.0506. The molecular formula is C34H33F2N7O13P2S. The molecule has 5 heterocycles. The number of nitrogens with one attached hydrogen (secondary N) is 1. The van der Waals surface area contributed by atoms with Gasteiger partial charge in [0.05, 0.1) is 31.1 Å². The quantitative estimate of drug-likeness (QED) is 0.102. The molecule has 0 spiro atoms. The van der Waals surface area contributed by atoms with E-state index in [4.69, 9.17) is 33.3 Å². The van der Waals surface area contributed by atoms with E-state index in [0.717, 1.165) is 18.6 Å². The standard InChI is InChI=1S/C34H33F2N7O13P2S/c35-25-19-11-22(43-16-40-27-30(37)38-15-39-31(27)43)28(25)55-57(48,49)51-13-23-29(26(36)32(54-23)42-10-9-24(45)41-34(42)47)56-58(50,52-12-19)59-14-17-1-7-21(8-2-17)53-33(46)18-3-5-20(44)6-4-18/h1-10,15-16,19,22-23,25-26,28-29,32,44H,11-14H2,(H,48,49)(H2,37,38,39)(H,41,45,47)/t19-,22-,23-,25-,26-,28+,29?,32-,58+/m1/s1. The van der Waals surface area contributed by atoms with Gasteiger partial charge in [0.15, 0.2) is 23.9 Å². The van der Waals surface area contributed by atoms with E-state index in [9.17, 15) is 33.5 Å². The summed E-state index contributed by atoms with van der Waals surface area (Å²) in [6.45, 7) is -6.16. The van der Waals surface area contributed by atoms with Crippen molar-refractivity contribution >= 4 is 49.0 Å². The van der Waals surface area contributed by atoms with Crippen LogP contribution in [0.5, 0.6) is 11.5 Å². The summed E-state index contributed by atoms with van der Waals surface area (Å²) in [6.07, 6.45) is -8.08. The van der Waals surface area contributed by atoms with E-state index in [1.165, 1.54) is 47.3 Å². The molecular weight excluding hydrogens is 846 g/mol. The van der Waals surface area contributed by atoms with Crippen LogP contribution in [0, 0.1) is 5.92 Å². The van der Waals surface area contributed by atoms with Gasteiger partial charge >= 0.3 is 26.3 Å². The summed E-state index contributed by atoms with van der Waals surface area (Å²) in [5.41, 5.74) is 5.16. The molecule has 5 aromatic rings. The van der Waals surface area contributed by atoms with Gasteiger partial charge < -0.3 is 34.3 Å². The zero-order valence-electron chi connectivity index (χ0n) is 30.1. The lowest BCUT2D eigenvalue weighted by Gasteiger charge is -2.27. The number of phenolic OH excluding ortho intramolecular Hbond substituents is 1. The number of hydrogen-bond donors (Lipinski definition) is 4. The molecule has 2 aromatic carbocycles. The first-order valence-corrected chi connectivity index (χ1v) is 22.3. The van der Waals surface area contributed by atoms with Crippen molar-refractivity contribution in [2.24, 2.45) is 5.92 Å². The molecule has 2 aliphatic heterocycles. The van der Waals surface area contributed by atoms with Crippen LogP contribution < -0.4 is 21.7 Å². The number of rotatable bonds is 7. The third-order valence-electron chi connectivity index (χ3n) is 9.80. The molecule has 2 unspecified atom stereocenters. The van der Waals surface area contributed by atoms with Crippen LogP contribution in [0.2, 0.25) is 0 Å². The van der Waals surface area contributed by atoms with Gasteiger partial charge in [-0.25, -0.2) is 42.5 Å². The van der Waals surface area contributed by atoms with Crippen LogP contribution in [0.4, 0.5) is 14.6 Å². The molecule has 1 aliphatic carbocycles. The number of ether oxygens (including phenoxy) is 2. The maximum atomic E-state index is 16.4. The van der Waals surface area contributed by atoms with Gasteiger partial charge in [0.1, 0.15) is 47.8 Å². The Morgan fingerprint density at radius 3 is 2.47 bits per heavy atom. The number of nitrogens with two attached hydrogens (primary N) is 1. The van der Waals surface area contributed by atoms with E-state index in [1.54, 1.807) is 12.1 Å². The van der Waals surface area contributed by atoms with E-state index in [-0.39, 0.29) is 46.2 Å². The van der Waals surface area contributed by atoms with Crippen LogP contribution in [0.3, 0.4) is 0 Å².